The summed E-state index contributed by atoms with van der Waals surface area (Å²) in [6.45, 7) is 1.47. The van der Waals surface area contributed by atoms with E-state index in [-0.39, 0.29) is 17.2 Å². The van der Waals surface area contributed by atoms with Gasteiger partial charge in [-0.1, -0.05) is 17.7 Å². The second-order valence-electron chi connectivity index (χ2n) is 4.50. The molecule has 0 atom stereocenters. The zero-order valence-corrected chi connectivity index (χ0v) is 12.4. The van der Waals surface area contributed by atoms with Crippen LogP contribution >= 0.6 is 0 Å². The van der Waals surface area contributed by atoms with Gasteiger partial charge in [-0.05, 0) is 30.7 Å². The molecule has 0 saturated heterocycles. The molecule has 0 fully saturated rings. The van der Waals surface area contributed by atoms with E-state index < -0.39 is 16.0 Å². The molecule has 0 unspecified atom stereocenters. The quantitative estimate of drug-likeness (QED) is 0.861. The predicted molar refractivity (Wildman–Crippen MR) is 75.5 cm³/mol. The van der Waals surface area contributed by atoms with Crippen LogP contribution in [0, 0.1) is 6.92 Å². The van der Waals surface area contributed by atoms with E-state index in [1.807, 2.05) is 6.92 Å². The van der Waals surface area contributed by atoms with Gasteiger partial charge in [-0.25, -0.2) is 17.2 Å². The molecule has 2 aromatic rings. The van der Waals surface area contributed by atoms with Crippen molar-refractivity contribution >= 4 is 16.0 Å². The van der Waals surface area contributed by atoms with E-state index in [0.29, 0.717) is 5.56 Å². The Morgan fingerprint density at radius 3 is 2.43 bits per heavy atom. The lowest BCUT2D eigenvalue weighted by Gasteiger charge is -2.09. The van der Waals surface area contributed by atoms with Crippen LogP contribution in [-0.2, 0) is 21.4 Å². The second kappa shape index (κ2) is 5.71. The van der Waals surface area contributed by atoms with E-state index in [0.717, 1.165) is 16.6 Å². The topological polar surface area (TPSA) is 85.6 Å². The normalized spacial score (nSPS) is 11.4. The van der Waals surface area contributed by atoms with Crippen LogP contribution in [0.15, 0.2) is 41.4 Å². The molecule has 6 nitrogen and oxygen atoms in total. The van der Waals surface area contributed by atoms with Crippen LogP contribution in [0.1, 0.15) is 21.6 Å². The summed E-state index contributed by atoms with van der Waals surface area (Å²) in [6.07, 6.45) is 1.21. The molecule has 0 radical (unpaired) electrons. The summed E-state index contributed by atoms with van der Waals surface area (Å²) < 4.78 is 30.6. The molecule has 0 aliphatic carbocycles. The van der Waals surface area contributed by atoms with Gasteiger partial charge in [-0.15, -0.1) is 0 Å². The van der Waals surface area contributed by atoms with Crippen LogP contribution in [0.5, 0.6) is 0 Å². The van der Waals surface area contributed by atoms with Gasteiger partial charge < -0.3 is 9.84 Å². The number of methoxy groups -OCH3 is 1. The minimum absolute atomic E-state index is 0.0540. The number of nitrogens with zero attached hydrogens (tertiary/aromatic N) is 1. The maximum Gasteiger partial charge on any atom is 0.355 e. The number of carbonyl (C=O) groups is 1. The predicted octanol–water partition coefficient (Wildman–Crippen LogP) is 1.31. The molecule has 1 heterocycles. The lowest BCUT2D eigenvalue weighted by molar-refractivity contribution is 0.0592. The van der Waals surface area contributed by atoms with Gasteiger partial charge in [0.1, 0.15) is 5.69 Å². The third kappa shape index (κ3) is 2.84. The first kappa shape index (κ1) is 15.3. The first-order chi connectivity index (χ1) is 9.90. The fourth-order valence-electron chi connectivity index (χ4n) is 1.86. The summed E-state index contributed by atoms with van der Waals surface area (Å²) in [7, 11) is -2.76. The zero-order chi connectivity index (χ0) is 15.6. The number of aryl methyl sites for hydroxylation is 1. The number of benzene rings is 1. The summed E-state index contributed by atoms with van der Waals surface area (Å²) in [5, 5.41) is 9.14. The van der Waals surface area contributed by atoms with E-state index in [9.17, 15) is 13.2 Å². The molecular formula is C14H15NO5S. The lowest BCUT2D eigenvalue weighted by atomic mass is 10.2. The Labute approximate surface area is 122 Å². The van der Waals surface area contributed by atoms with E-state index in [1.54, 1.807) is 12.1 Å². The Bertz CT molecular complexity index is 759. The molecule has 0 bridgehead atoms. The van der Waals surface area contributed by atoms with Crippen molar-refractivity contribution in [2.75, 3.05) is 7.11 Å². The van der Waals surface area contributed by atoms with Gasteiger partial charge in [-0.2, -0.15) is 0 Å². The highest BCUT2D eigenvalue weighted by Gasteiger charge is 2.24. The van der Waals surface area contributed by atoms with E-state index >= 15 is 0 Å². The highest BCUT2D eigenvalue weighted by atomic mass is 32.2. The second-order valence-corrected chi connectivity index (χ2v) is 6.31. The van der Waals surface area contributed by atoms with E-state index in [1.165, 1.54) is 24.4 Å². The number of hydrogen-bond donors (Lipinski definition) is 1. The van der Waals surface area contributed by atoms with E-state index in [4.69, 9.17) is 5.11 Å². The molecular weight excluding hydrogens is 294 g/mol. The third-order valence-corrected chi connectivity index (χ3v) is 4.69. The van der Waals surface area contributed by atoms with Crippen LogP contribution in [0.4, 0.5) is 0 Å². The highest BCUT2D eigenvalue weighted by molar-refractivity contribution is 7.90. The summed E-state index contributed by atoms with van der Waals surface area (Å²) in [6, 6.07) is 7.55. The van der Waals surface area contributed by atoms with Gasteiger partial charge in [-0.3, -0.25) is 0 Å². The maximum atomic E-state index is 12.6. The molecule has 0 aliphatic rings. The number of hydrogen-bond acceptors (Lipinski definition) is 5. The van der Waals surface area contributed by atoms with Crippen molar-refractivity contribution in [3.63, 3.8) is 0 Å². The highest BCUT2D eigenvalue weighted by Crippen LogP contribution is 2.20. The van der Waals surface area contributed by atoms with Crippen molar-refractivity contribution in [1.82, 2.24) is 3.97 Å². The van der Waals surface area contributed by atoms with Crippen LogP contribution in [-0.4, -0.2) is 30.6 Å². The maximum absolute atomic E-state index is 12.6. The van der Waals surface area contributed by atoms with Crippen LogP contribution < -0.4 is 0 Å². The number of carbonyl (C=O) groups excluding carboxylic acids is 1. The number of aromatic nitrogens is 1. The van der Waals surface area contributed by atoms with Gasteiger partial charge >= 0.3 is 5.97 Å². The lowest BCUT2D eigenvalue weighted by Crippen LogP contribution is -2.18. The number of ether oxygens (including phenoxy) is 1. The minimum atomic E-state index is -3.93. The van der Waals surface area contributed by atoms with Gasteiger partial charge in [0.25, 0.3) is 10.0 Å². The molecule has 0 saturated carbocycles. The van der Waals surface area contributed by atoms with E-state index in [2.05, 4.69) is 4.74 Å². The standard InChI is InChI=1S/C14H15NO5S/c1-10-3-5-12(6-4-10)21(18,19)15-8-11(9-16)7-13(15)14(17)20-2/h3-8,16H,9H2,1-2H3. The number of esters is 1. The number of aliphatic hydroxyl groups is 1. The summed E-state index contributed by atoms with van der Waals surface area (Å²) in [5.41, 5.74) is 1.08. The molecule has 7 heteroatoms. The molecule has 112 valence electrons. The van der Waals surface area contributed by atoms with Gasteiger partial charge in [0, 0.05) is 6.20 Å². The molecule has 0 spiro atoms. The van der Waals surface area contributed by atoms with Gasteiger partial charge in [0.05, 0.1) is 18.6 Å². The molecule has 1 aromatic heterocycles. The van der Waals surface area contributed by atoms with Crippen LogP contribution in [0.25, 0.3) is 0 Å². The first-order valence-corrected chi connectivity index (χ1v) is 7.57. The minimum Gasteiger partial charge on any atom is -0.464 e. The molecule has 1 aromatic carbocycles. The average molecular weight is 309 g/mol. The van der Waals surface area contributed by atoms with Crippen molar-refractivity contribution in [3.05, 3.63) is 53.3 Å². The Kier molecular flexibility index (Phi) is 4.15. The molecule has 0 aliphatic heterocycles. The monoisotopic (exact) mass is 309 g/mol. The van der Waals surface area contributed by atoms with Crippen molar-refractivity contribution in [1.29, 1.82) is 0 Å². The van der Waals surface area contributed by atoms with Crippen molar-refractivity contribution < 1.29 is 23.1 Å². The number of aliphatic hydroxyl groups excluding tert-OH is 1. The Morgan fingerprint density at radius 2 is 1.90 bits per heavy atom. The zero-order valence-electron chi connectivity index (χ0n) is 11.6. The summed E-state index contributed by atoms with van der Waals surface area (Å²) in [5.74, 6) is -0.787. The van der Waals surface area contributed by atoms with Crippen LogP contribution in [0.3, 0.4) is 0 Å². The average Bonchev–Trinajstić information content (AvgIpc) is 2.92. The third-order valence-electron chi connectivity index (χ3n) is 3.00. The molecule has 0 amide bonds. The van der Waals surface area contributed by atoms with Crippen molar-refractivity contribution in [3.8, 4) is 0 Å². The van der Waals surface area contributed by atoms with Crippen LogP contribution in [0.2, 0.25) is 0 Å². The SMILES string of the molecule is COC(=O)c1cc(CO)cn1S(=O)(=O)c1ccc(C)cc1. The summed E-state index contributed by atoms with van der Waals surface area (Å²) >= 11 is 0. The fraction of sp³-hybridized carbons (Fsp3) is 0.214. The van der Waals surface area contributed by atoms with Crippen molar-refractivity contribution in [2.45, 2.75) is 18.4 Å². The van der Waals surface area contributed by atoms with Gasteiger partial charge in [0.2, 0.25) is 0 Å². The fourth-order valence-corrected chi connectivity index (χ4v) is 3.23. The molecule has 1 N–H and O–H groups in total. The summed E-state index contributed by atoms with van der Waals surface area (Å²) in [4.78, 5) is 11.8. The Balaban J connectivity index is 2.61. The smallest absolute Gasteiger partial charge is 0.355 e. The Morgan fingerprint density at radius 1 is 1.29 bits per heavy atom. The molecule has 21 heavy (non-hydrogen) atoms. The Hall–Kier alpha value is -2.12. The largest absolute Gasteiger partial charge is 0.464 e. The first-order valence-electron chi connectivity index (χ1n) is 6.13. The number of rotatable bonds is 4. The van der Waals surface area contributed by atoms with Crippen molar-refractivity contribution in [2.24, 2.45) is 0 Å². The van der Waals surface area contributed by atoms with Gasteiger partial charge in [0.15, 0.2) is 0 Å². The molecule has 2 rings (SSSR count).